The Kier molecular flexibility index (Phi) is 3.70. The molecule has 0 radical (unpaired) electrons. The number of hydrogen-bond acceptors (Lipinski definition) is 2. The van der Waals surface area contributed by atoms with Gasteiger partial charge < -0.3 is 9.64 Å². The minimum Gasteiger partial charge on any atom is -0.368 e. The lowest BCUT2D eigenvalue weighted by Gasteiger charge is -2.25. The molecule has 1 aliphatic carbocycles. The van der Waals surface area contributed by atoms with Gasteiger partial charge in [0.15, 0.2) is 0 Å². The molecule has 0 aromatic heterocycles. The molecule has 1 saturated carbocycles. The van der Waals surface area contributed by atoms with Gasteiger partial charge in [0.05, 0.1) is 6.54 Å². The molecule has 1 amide bonds. The number of nitrogens with zero attached hydrogens (tertiary/aromatic N) is 1. The minimum absolute atomic E-state index is 0.0120. The maximum atomic E-state index is 13.7. The van der Waals surface area contributed by atoms with Gasteiger partial charge in [0, 0.05) is 18.2 Å². The summed E-state index contributed by atoms with van der Waals surface area (Å²) in [6.45, 7) is 0.574. The topological polar surface area (TPSA) is 29.5 Å². The SMILES string of the molecule is O=C([C@@H]1CCCO1)N(Cc1c(F)cccc1F)C1CC1. The maximum absolute atomic E-state index is 13.7. The summed E-state index contributed by atoms with van der Waals surface area (Å²) >= 11 is 0. The van der Waals surface area contributed by atoms with E-state index in [0.717, 1.165) is 19.3 Å². The van der Waals surface area contributed by atoms with Gasteiger partial charge >= 0.3 is 0 Å². The van der Waals surface area contributed by atoms with Gasteiger partial charge in [-0.25, -0.2) is 8.78 Å². The van der Waals surface area contributed by atoms with Crippen LogP contribution in [0.2, 0.25) is 0 Å². The van der Waals surface area contributed by atoms with Crippen LogP contribution in [0.4, 0.5) is 8.78 Å². The third-order valence-electron chi connectivity index (χ3n) is 3.87. The average molecular weight is 281 g/mol. The molecule has 1 aromatic carbocycles. The van der Waals surface area contributed by atoms with Gasteiger partial charge in [-0.05, 0) is 37.8 Å². The van der Waals surface area contributed by atoms with Crippen molar-refractivity contribution in [3.63, 3.8) is 0 Å². The normalized spacial score (nSPS) is 22.0. The first-order valence-corrected chi connectivity index (χ1v) is 7.02. The van der Waals surface area contributed by atoms with E-state index in [1.54, 1.807) is 4.90 Å². The number of carbonyl (C=O) groups excluding carboxylic acids is 1. The predicted octanol–water partition coefficient (Wildman–Crippen LogP) is 2.63. The highest BCUT2D eigenvalue weighted by molar-refractivity contribution is 5.81. The van der Waals surface area contributed by atoms with Gasteiger partial charge in [-0.2, -0.15) is 0 Å². The summed E-state index contributed by atoms with van der Waals surface area (Å²) in [5.74, 6) is -1.33. The molecule has 2 aliphatic rings. The van der Waals surface area contributed by atoms with E-state index in [4.69, 9.17) is 4.74 Å². The Morgan fingerprint density at radius 3 is 2.50 bits per heavy atom. The van der Waals surface area contributed by atoms with Crippen molar-refractivity contribution < 1.29 is 18.3 Å². The van der Waals surface area contributed by atoms with Gasteiger partial charge in [-0.1, -0.05) is 6.07 Å². The summed E-state index contributed by atoms with van der Waals surface area (Å²) in [6, 6.07) is 3.88. The first kappa shape index (κ1) is 13.5. The smallest absolute Gasteiger partial charge is 0.252 e. The van der Waals surface area contributed by atoms with Gasteiger partial charge in [0.2, 0.25) is 0 Å². The van der Waals surface area contributed by atoms with E-state index in [9.17, 15) is 13.6 Å². The van der Waals surface area contributed by atoms with Crippen molar-refractivity contribution in [3.05, 3.63) is 35.4 Å². The van der Waals surface area contributed by atoms with Crippen LogP contribution in [0.25, 0.3) is 0 Å². The molecular formula is C15H17F2NO2. The standard InChI is InChI=1S/C15H17F2NO2/c16-12-3-1-4-13(17)11(12)9-18(10-6-7-10)15(19)14-5-2-8-20-14/h1,3-4,10,14H,2,5-9H2/t14-/m0/s1. The molecule has 2 fully saturated rings. The fourth-order valence-electron chi connectivity index (χ4n) is 2.58. The van der Waals surface area contributed by atoms with Gasteiger partial charge in [0.25, 0.3) is 5.91 Å². The second-order valence-corrected chi connectivity index (χ2v) is 5.40. The Hall–Kier alpha value is -1.49. The number of rotatable bonds is 4. The number of hydrogen-bond donors (Lipinski definition) is 0. The molecule has 0 unspecified atom stereocenters. The van der Waals surface area contributed by atoms with Crippen LogP contribution in [-0.2, 0) is 16.1 Å². The Morgan fingerprint density at radius 2 is 1.95 bits per heavy atom. The second-order valence-electron chi connectivity index (χ2n) is 5.40. The minimum atomic E-state index is -0.601. The number of carbonyl (C=O) groups is 1. The third-order valence-corrected chi connectivity index (χ3v) is 3.87. The largest absolute Gasteiger partial charge is 0.368 e. The zero-order valence-corrected chi connectivity index (χ0v) is 11.1. The van der Waals surface area contributed by atoms with Crippen LogP contribution in [0.5, 0.6) is 0 Å². The average Bonchev–Trinajstić information content (AvgIpc) is 3.11. The summed E-state index contributed by atoms with van der Waals surface area (Å²) in [6.07, 6.45) is 2.92. The number of ether oxygens (including phenoxy) is 1. The van der Waals surface area contributed by atoms with Crippen molar-refractivity contribution in [1.29, 1.82) is 0 Å². The predicted molar refractivity (Wildman–Crippen MR) is 68.9 cm³/mol. The van der Waals surface area contributed by atoms with Gasteiger partial charge in [0.1, 0.15) is 17.7 Å². The van der Waals surface area contributed by atoms with E-state index >= 15 is 0 Å². The van der Waals surface area contributed by atoms with Crippen LogP contribution in [0, 0.1) is 11.6 Å². The molecule has 3 nitrogen and oxygen atoms in total. The highest BCUT2D eigenvalue weighted by Crippen LogP contribution is 2.31. The Labute approximate surface area is 116 Å². The number of amides is 1. The lowest BCUT2D eigenvalue weighted by atomic mass is 10.1. The summed E-state index contributed by atoms with van der Waals surface area (Å²) in [5, 5.41) is 0. The van der Waals surface area contributed by atoms with Crippen LogP contribution in [-0.4, -0.2) is 29.6 Å². The van der Waals surface area contributed by atoms with E-state index in [1.807, 2.05) is 0 Å². The summed E-state index contributed by atoms with van der Waals surface area (Å²) < 4.78 is 32.8. The van der Waals surface area contributed by atoms with Crippen LogP contribution < -0.4 is 0 Å². The highest BCUT2D eigenvalue weighted by atomic mass is 19.1. The van der Waals surface area contributed by atoms with Crippen LogP contribution in [0.15, 0.2) is 18.2 Å². The molecule has 1 atom stereocenters. The third kappa shape index (κ3) is 2.68. The summed E-state index contributed by atoms with van der Waals surface area (Å²) in [4.78, 5) is 14.0. The number of halogens is 2. The Bertz CT molecular complexity index is 490. The zero-order valence-electron chi connectivity index (χ0n) is 11.1. The van der Waals surface area contributed by atoms with Crippen molar-refractivity contribution in [3.8, 4) is 0 Å². The van der Waals surface area contributed by atoms with Crippen molar-refractivity contribution >= 4 is 5.91 Å². The fourth-order valence-corrected chi connectivity index (χ4v) is 2.58. The quantitative estimate of drug-likeness (QED) is 0.849. The number of benzene rings is 1. The molecule has 108 valence electrons. The molecule has 0 N–H and O–H groups in total. The Morgan fingerprint density at radius 1 is 1.25 bits per heavy atom. The molecule has 1 aliphatic heterocycles. The molecule has 20 heavy (non-hydrogen) atoms. The second kappa shape index (κ2) is 5.48. The van der Waals surface area contributed by atoms with E-state index in [1.165, 1.54) is 18.2 Å². The maximum Gasteiger partial charge on any atom is 0.252 e. The van der Waals surface area contributed by atoms with Crippen molar-refractivity contribution in [2.75, 3.05) is 6.61 Å². The molecular weight excluding hydrogens is 264 g/mol. The molecule has 0 bridgehead atoms. The van der Waals surface area contributed by atoms with Crippen molar-refractivity contribution in [2.45, 2.75) is 44.4 Å². The fraction of sp³-hybridized carbons (Fsp3) is 0.533. The Balaban J connectivity index is 1.79. The monoisotopic (exact) mass is 281 g/mol. The van der Waals surface area contributed by atoms with E-state index in [2.05, 4.69) is 0 Å². The summed E-state index contributed by atoms with van der Waals surface area (Å²) in [7, 11) is 0. The van der Waals surface area contributed by atoms with Crippen molar-refractivity contribution in [2.24, 2.45) is 0 Å². The van der Waals surface area contributed by atoms with Crippen LogP contribution in [0.1, 0.15) is 31.2 Å². The van der Waals surface area contributed by atoms with Crippen molar-refractivity contribution in [1.82, 2.24) is 4.90 Å². The van der Waals surface area contributed by atoms with E-state index in [0.29, 0.717) is 13.0 Å². The molecule has 3 rings (SSSR count). The van der Waals surface area contributed by atoms with E-state index < -0.39 is 17.7 Å². The zero-order chi connectivity index (χ0) is 14.1. The highest BCUT2D eigenvalue weighted by Gasteiger charge is 2.38. The van der Waals surface area contributed by atoms with E-state index in [-0.39, 0.29) is 24.1 Å². The molecule has 1 saturated heterocycles. The first-order valence-electron chi connectivity index (χ1n) is 7.02. The first-order chi connectivity index (χ1) is 9.66. The molecule has 1 heterocycles. The summed E-state index contributed by atoms with van der Waals surface area (Å²) in [5.41, 5.74) is -0.0363. The van der Waals surface area contributed by atoms with Crippen LogP contribution >= 0.6 is 0 Å². The molecule has 0 spiro atoms. The van der Waals surface area contributed by atoms with Crippen LogP contribution in [0.3, 0.4) is 0 Å². The van der Waals surface area contributed by atoms with Gasteiger partial charge in [-0.3, -0.25) is 4.79 Å². The lowest BCUT2D eigenvalue weighted by Crippen LogP contribution is -2.40. The molecule has 5 heteroatoms. The lowest BCUT2D eigenvalue weighted by molar-refractivity contribution is -0.142. The van der Waals surface area contributed by atoms with Gasteiger partial charge in [-0.15, -0.1) is 0 Å². The molecule has 1 aromatic rings.